The zero-order chi connectivity index (χ0) is 15.3. The van der Waals surface area contributed by atoms with Gasteiger partial charge in [-0.3, -0.25) is 0 Å². The molecule has 1 aliphatic rings. The fourth-order valence-electron chi connectivity index (χ4n) is 3.12. The lowest BCUT2D eigenvalue weighted by molar-refractivity contribution is -0.0983. The maximum absolute atomic E-state index is 5.82. The zero-order valence-corrected chi connectivity index (χ0v) is 13.6. The van der Waals surface area contributed by atoms with Crippen molar-refractivity contribution < 1.29 is 14.2 Å². The lowest BCUT2D eigenvalue weighted by Crippen LogP contribution is -2.49. The minimum atomic E-state index is -0.0919. The van der Waals surface area contributed by atoms with E-state index < -0.39 is 0 Å². The van der Waals surface area contributed by atoms with E-state index in [4.69, 9.17) is 14.2 Å². The van der Waals surface area contributed by atoms with Crippen molar-refractivity contribution in [2.75, 3.05) is 27.4 Å². The van der Waals surface area contributed by atoms with Crippen LogP contribution in [0.5, 0.6) is 11.5 Å². The van der Waals surface area contributed by atoms with Crippen molar-refractivity contribution in [3.05, 3.63) is 23.8 Å². The van der Waals surface area contributed by atoms with Crippen molar-refractivity contribution in [1.29, 1.82) is 0 Å². The average Bonchev–Trinajstić information content (AvgIpc) is 2.45. The predicted molar refractivity (Wildman–Crippen MR) is 84.2 cm³/mol. The molecule has 1 saturated carbocycles. The van der Waals surface area contributed by atoms with Crippen LogP contribution in [0.15, 0.2) is 18.2 Å². The van der Waals surface area contributed by atoms with Crippen LogP contribution in [-0.4, -0.2) is 33.0 Å². The van der Waals surface area contributed by atoms with Gasteiger partial charge in [0.05, 0.1) is 24.9 Å². The van der Waals surface area contributed by atoms with Crippen molar-refractivity contribution in [1.82, 2.24) is 5.32 Å². The molecule has 4 heteroatoms. The molecule has 0 heterocycles. The average molecular weight is 293 g/mol. The van der Waals surface area contributed by atoms with Gasteiger partial charge in [0, 0.05) is 7.11 Å². The summed E-state index contributed by atoms with van der Waals surface area (Å²) in [6, 6.07) is 6.35. The SMILES string of the molecule is CCOc1ccc(C(NC)C2(OC)CCC2)cc1OCC. The first-order valence-electron chi connectivity index (χ1n) is 7.82. The standard InChI is InChI=1S/C17H27NO3/c1-5-20-14-9-8-13(12-15(14)21-6-2)16(18-3)17(19-4)10-7-11-17/h8-9,12,16,18H,5-7,10-11H2,1-4H3. The highest BCUT2D eigenvalue weighted by molar-refractivity contribution is 5.44. The van der Waals surface area contributed by atoms with Gasteiger partial charge in [0.25, 0.3) is 0 Å². The van der Waals surface area contributed by atoms with Crippen molar-refractivity contribution >= 4 is 0 Å². The van der Waals surface area contributed by atoms with Crippen molar-refractivity contribution in [2.24, 2.45) is 0 Å². The molecule has 1 aromatic rings. The summed E-state index contributed by atoms with van der Waals surface area (Å²) in [5.41, 5.74) is 1.09. The second-order valence-electron chi connectivity index (χ2n) is 5.42. The molecule has 0 aliphatic heterocycles. The Morgan fingerprint density at radius 2 is 1.81 bits per heavy atom. The highest BCUT2D eigenvalue weighted by Gasteiger charge is 2.44. The molecule has 1 N–H and O–H groups in total. The van der Waals surface area contributed by atoms with Crippen LogP contribution in [0, 0.1) is 0 Å². The number of hydrogen-bond donors (Lipinski definition) is 1. The molecule has 1 aliphatic carbocycles. The first kappa shape index (κ1) is 16.1. The van der Waals surface area contributed by atoms with Gasteiger partial charge in [-0.2, -0.15) is 0 Å². The Hall–Kier alpha value is -1.26. The molecule has 1 atom stereocenters. The first-order valence-corrected chi connectivity index (χ1v) is 7.82. The summed E-state index contributed by atoms with van der Waals surface area (Å²) in [7, 11) is 3.79. The van der Waals surface area contributed by atoms with Gasteiger partial charge in [0.1, 0.15) is 0 Å². The van der Waals surface area contributed by atoms with Gasteiger partial charge in [0.2, 0.25) is 0 Å². The lowest BCUT2D eigenvalue weighted by atomic mass is 9.72. The fourth-order valence-corrected chi connectivity index (χ4v) is 3.12. The Balaban J connectivity index is 2.31. The number of rotatable bonds is 8. The summed E-state index contributed by atoms with van der Waals surface area (Å²) in [6.45, 7) is 5.23. The quantitative estimate of drug-likeness (QED) is 0.798. The van der Waals surface area contributed by atoms with E-state index in [-0.39, 0.29) is 11.6 Å². The number of likely N-dealkylation sites (N-methyl/N-ethyl adjacent to an activating group) is 1. The lowest BCUT2D eigenvalue weighted by Gasteiger charge is -2.46. The Morgan fingerprint density at radius 3 is 2.29 bits per heavy atom. The Kier molecular flexibility index (Phi) is 5.48. The Bertz CT molecular complexity index is 452. The molecule has 0 saturated heterocycles. The van der Waals surface area contributed by atoms with Crippen LogP contribution in [0.25, 0.3) is 0 Å². The Labute approximate surface area is 127 Å². The third-order valence-electron chi connectivity index (χ3n) is 4.32. The van der Waals surface area contributed by atoms with Crippen LogP contribution in [0.3, 0.4) is 0 Å². The second kappa shape index (κ2) is 7.14. The molecule has 0 aromatic heterocycles. The van der Waals surface area contributed by atoms with Crippen LogP contribution >= 0.6 is 0 Å². The molecule has 4 nitrogen and oxygen atoms in total. The summed E-state index contributed by atoms with van der Waals surface area (Å²) in [6.07, 6.45) is 3.40. The molecule has 1 fully saturated rings. The van der Waals surface area contributed by atoms with E-state index in [1.807, 2.05) is 34.1 Å². The minimum absolute atomic E-state index is 0.0919. The topological polar surface area (TPSA) is 39.7 Å². The van der Waals surface area contributed by atoms with E-state index in [0.29, 0.717) is 13.2 Å². The van der Waals surface area contributed by atoms with E-state index >= 15 is 0 Å². The van der Waals surface area contributed by atoms with Crippen LogP contribution in [0.4, 0.5) is 0 Å². The first-order chi connectivity index (χ1) is 10.2. The molecular formula is C17H27NO3. The minimum Gasteiger partial charge on any atom is -0.490 e. The van der Waals surface area contributed by atoms with Crippen molar-refractivity contribution in [2.45, 2.75) is 44.8 Å². The number of methoxy groups -OCH3 is 1. The van der Waals surface area contributed by atoms with Gasteiger partial charge in [-0.25, -0.2) is 0 Å². The van der Waals surface area contributed by atoms with Gasteiger partial charge < -0.3 is 19.5 Å². The van der Waals surface area contributed by atoms with Gasteiger partial charge in [-0.15, -0.1) is 0 Å². The maximum atomic E-state index is 5.82. The molecule has 1 unspecified atom stereocenters. The normalized spacial score (nSPS) is 17.9. The third-order valence-corrected chi connectivity index (χ3v) is 4.32. The number of nitrogens with one attached hydrogen (secondary N) is 1. The van der Waals surface area contributed by atoms with Crippen LogP contribution in [0.2, 0.25) is 0 Å². The molecule has 118 valence electrons. The smallest absolute Gasteiger partial charge is 0.161 e. The van der Waals surface area contributed by atoms with Gasteiger partial charge >= 0.3 is 0 Å². The third kappa shape index (κ3) is 3.16. The van der Waals surface area contributed by atoms with Crippen molar-refractivity contribution in [3.8, 4) is 11.5 Å². The summed E-state index contributed by atoms with van der Waals surface area (Å²) in [5.74, 6) is 1.61. The molecule has 2 rings (SSSR count). The maximum Gasteiger partial charge on any atom is 0.161 e. The summed E-state index contributed by atoms with van der Waals surface area (Å²) < 4.78 is 17.2. The van der Waals surface area contributed by atoms with E-state index in [0.717, 1.165) is 24.3 Å². The molecule has 0 bridgehead atoms. The number of benzene rings is 1. The summed E-state index contributed by atoms with van der Waals surface area (Å²) in [4.78, 5) is 0. The molecule has 21 heavy (non-hydrogen) atoms. The Morgan fingerprint density at radius 1 is 1.14 bits per heavy atom. The molecule has 0 amide bonds. The second-order valence-corrected chi connectivity index (χ2v) is 5.42. The van der Waals surface area contributed by atoms with Crippen molar-refractivity contribution in [3.63, 3.8) is 0 Å². The van der Waals surface area contributed by atoms with E-state index in [2.05, 4.69) is 17.4 Å². The highest BCUT2D eigenvalue weighted by atomic mass is 16.5. The molecule has 0 spiro atoms. The van der Waals surface area contributed by atoms with E-state index in [1.165, 1.54) is 12.0 Å². The van der Waals surface area contributed by atoms with Gasteiger partial charge in [0.15, 0.2) is 11.5 Å². The summed E-state index contributed by atoms with van der Waals surface area (Å²) >= 11 is 0. The highest BCUT2D eigenvalue weighted by Crippen LogP contribution is 2.45. The monoisotopic (exact) mass is 293 g/mol. The number of ether oxygens (including phenoxy) is 3. The number of hydrogen-bond acceptors (Lipinski definition) is 4. The fraction of sp³-hybridized carbons (Fsp3) is 0.647. The van der Waals surface area contributed by atoms with E-state index in [9.17, 15) is 0 Å². The zero-order valence-electron chi connectivity index (χ0n) is 13.6. The largest absolute Gasteiger partial charge is 0.490 e. The van der Waals surface area contributed by atoms with E-state index in [1.54, 1.807) is 0 Å². The van der Waals surface area contributed by atoms with Gasteiger partial charge in [-0.1, -0.05) is 6.07 Å². The molecular weight excluding hydrogens is 266 g/mol. The van der Waals surface area contributed by atoms with Crippen LogP contribution in [-0.2, 0) is 4.74 Å². The van der Waals surface area contributed by atoms with Gasteiger partial charge in [-0.05, 0) is 57.9 Å². The molecule has 1 aromatic carbocycles. The predicted octanol–water partition coefficient (Wildman–Crippen LogP) is 3.31. The molecule has 0 radical (unpaired) electrons. The van der Waals surface area contributed by atoms with Crippen LogP contribution in [0.1, 0.15) is 44.7 Å². The van der Waals surface area contributed by atoms with Crippen LogP contribution < -0.4 is 14.8 Å². The summed E-state index contributed by atoms with van der Waals surface area (Å²) in [5, 5.41) is 3.41.